The van der Waals surface area contributed by atoms with Gasteiger partial charge in [-0.25, -0.2) is 0 Å². The van der Waals surface area contributed by atoms with Gasteiger partial charge in [0.15, 0.2) is 0 Å². The topological polar surface area (TPSA) is 73.4 Å². The normalized spacial score (nSPS) is 18.9. The minimum atomic E-state index is -0.826. The van der Waals surface area contributed by atoms with Crippen molar-refractivity contribution in [3.05, 3.63) is 34.4 Å². The second-order valence-electron chi connectivity index (χ2n) is 5.29. The second-order valence-corrected chi connectivity index (χ2v) is 6.15. The van der Waals surface area contributed by atoms with E-state index < -0.39 is 11.9 Å². The smallest absolute Gasteiger partial charge is 0.308 e. The van der Waals surface area contributed by atoms with E-state index in [9.17, 15) is 9.59 Å². The lowest BCUT2D eigenvalue weighted by molar-refractivity contribution is -0.143. The number of nitrogens with one attached hydrogen (secondary N) is 1. The maximum atomic E-state index is 12.7. The molecule has 2 heterocycles. The Balaban J connectivity index is 1.92. The van der Waals surface area contributed by atoms with Gasteiger partial charge in [0.1, 0.15) is 0 Å². The Morgan fingerprint density at radius 2 is 2.19 bits per heavy atom. The number of H-pyrrole nitrogens is 1. The quantitative estimate of drug-likeness (QED) is 0.874. The second kappa shape index (κ2) is 5.52. The number of aromatic amines is 1. The number of piperidine rings is 1. The summed E-state index contributed by atoms with van der Waals surface area (Å²) in [5, 5.41) is 9.98. The molecule has 1 unspecified atom stereocenters. The molecule has 1 aromatic heterocycles. The minimum absolute atomic E-state index is 0.112. The molecule has 1 aromatic carbocycles. The van der Waals surface area contributed by atoms with Gasteiger partial charge in [-0.15, -0.1) is 0 Å². The van der Waals surface area contributed by atoms with Crippen LogP contribution in [0.1, 0.15) is 23.2 Å². The average molecular weight is 351 g/mol. The Morgan fingerprint density at radius 3 is 2.95 bits per heavy atom. The van der Waals surface area contributed by atoms with Crippen molar-refractivity contribution in [3.8, 4) is 0 Å². The van der Waals surface area contributed by atoms with Crippen LogP contribution in [0.4, 0.5) is 0 Å². The fourth-order valence-corrected chi connectivity index (χ4v) is 3.42. The highest BCUT2D eigenvalue weighted by molar-refractivity contribution is 9.10. The largest absolute Gasteiger partial charge is 0.481 e. The number of carboxylic acid groups (broad SMARTS) is 1. The number of benzene rings is 1. The van der Waals surface area contributed by atoms with Crippen LogP contribution >= 0.6 is 15.9 Å². The number of carboxylic acids is 1. The van der Waals surface area contributed by atoms with Gasteiger partial charge in [0.25, 0.3) is 5.91 Å². The first-order valence-electron chi connectivity index (χ1n) is 6.85. The average Bonchev–Trinajstić information content (AvgIpc) is 2.92. The molecule has 1 fully saturated rings. The molecular formula is C15H15BrN2O3. The highest BCUT2D eigenvalue weighted by Crippen LogP contribution is 2.29. The van der Waals surface area contributed by atoms with E-state index in [1.807, 2.05) is 18.2 Å². The fourth-order valence-electron chi connectivity index (χ4n) is 2.84. The summed E-state index contributed by atoms with van der Waals surface area (Å²) < 4.78 is 0.858. The van der Waals surface area contributed by atoms with Crippen molar-refractivity contribution >= 4 is 38.7 Å². The lowest BCUT2D eigenvalue weighted by Crippen LogP contribution is -2.42. The van der Waals surface area contributed by atoms with Crippen molar-refractivity contribution in [2.24, 2.45) is 5.92 Å². The van der Waals surface area contributed by atoms with E-state index in [1.54, 1.807) is 11.1 Å². The van der Waals surface area contributed by atoms with Crippen LogP contribution in [-0.2, 0) is 4.79 Å². The van der Waals surface area contributed by atoms with E-state index in [1.165, 1.54) is 0 Å². The van der Waals surface area contributed by atoms with Gasteiger partial charge >= 0.3 is 5.97 Å². The van der Waals surface area contributed by atoms with E-state index in [4.69, 9.17) is 5.11 Å². The molecule has 3 rings (SSSR count). The first-order chi connectivity index (χ1) is 10.1. The SMILES string of the molecule is O=C(O)C1CCCN(C(=O)c2c[nH]c3cccc(Br)c23)C1. The van der Waals surface area contributed by atoms with Gasteiger partial charge in [-0.3, -0.25) is 9.59 Å². The molecule has 1 aliphatic rings. The lowest BCUT2D eigenvalue weighted by atomic mass is 9.97. The molecule has 2 aromatic rings. The number of aromatic nitrogens is 1. The number of amides is 1. The molecule has 1 atom stereocenters. The van der Waals surface area contributed by atoms with Crippen molar-refractivity contribution in [2.75, 3.05) is 13.1 Å². The highest BCUT2D eigenvalue weighted by Gasteiger charge is 2.29. The van der Waals surface area contributed by atoms with Crippen LogP contribution in [0.5, 0.6) is 0 Å². The minimum Gasteiger partial charge on any atom is -0.481 e. The summed E-state index contributed by atoms with van der Waals surface area (Å²) in [5.41, 5.74) is 1.48. The van der Waals surface area contributed by atoms with Crippen LogP contribution in [0, 0.1) is 5.92 Å². The van der Waals surface area contributed by atoms with Crippen molar-refractivity contribution in [1.82, 2.24) is 9.88 Å². The van der Waals surface area contributed by atoms with E-state index in [-0.39, 0.29) is 12.5 Å². The number of aliphatic carboxylic acids is 1. The zero-order valence-corrected chi connectivity index (χ0v) is 12.9. The molecule has 1 aliphatic heterocycles. The van der Waals surface area contributed by atoms with Crippen LogP contribution in [0.3, 0.4) is 0 Å². The first-order valence-corrected chi connectivity index (χ1v) is 7.65. The molecule has 1 amide bonds. The van der Waals surface area contributed by atoms with Crippen LogP contribution in [-0.4, -0.2) is 40.0 Å². The van der Waals surface area contributed by atoms with Gasteiger partial charge in [0.2, 0.25) is 0 Å². The van der Waals surface area contributed by atoms with Crippen LogP contribution < -0.4 is 0 Å². The number of fused-ring (bicyclic) bond motifs is 1. The summed E-state index contributed by atoms with van der Waals surface area (Å²) in [6, 6.07) is 5.70. The predicted octanol–water partition coefficient (Wildman–Crippen LogP) is 2.87. The molecule has 0 bridgehead atoms. The van der Waals surface area contributed by atoms with Crippen molar-refractivity contribution in [3.63, 3.8) is 0 Å². The van der Waals surface area contributed by atoms with Crippen molar-refractivity contribution in [2.45, 2.75) is 12.8 Å². The summed E-state index contributed by atoms with van der Waals surface area (Å²) in [4.78, 5) is 28.5. The molecule has 0 saturated carbocycles. The monoisotopic (exact) mass is 350 g/mol. The number of nitrogens with zero attached hydrogens (tertiary/aromatic N) is 1. The van der Waals surface area contributed by atoms with Crippen molar-refractivity contribution in [1.29, 1.82) is 0 Å². The van der Waals surface area contributed by atoms with Crippen molar-refractivity contribution < 1.29 is 14.7 Å². The van der Waals surface area contributed by atoms with Gasteiger partial charge in [0.05, 0.1) is 11.5 Å². The predicted molar refractivity (Wildman–Crippen MR) is 82.3 cm³/mol. The van der Waals surface area contributed by atoms with Gasteiger partial charge in [-0.2, -0.15) is 0 Å². The number of carbonyl (C=O) groups excluding carboxylic acids is 1. The lowest BCUT2D eigenvalue weighted by Gasteiger charge is -2.30. The van der Waals surface area contributed by atoms with Gasteiger partial charge < -0.3 is 15.0 Å². The molecule has 1 saturated heterocycles. The Hall–Kier alpha value is -1.82. The molecule has 0 radical (unpaired) electrons. The molecule has 6 heteroatoms. The first kappa shape index (κ1) is 14.1. The maximum Gasteiger partial charge on any atom is 0.308 e. The molecule has 110 valence electrons. The van der Waals surface area contributed by atoms with E-state index >= 15 is 0 Å². The standard InChI is InChI=1S/C15H15BrN2O3/c16-11-4-1-5-12-13(11)10(7-17-12)14(19)18-6-2-3-9(8-18)15(20)21/h1,4-5,7,9,17H,2-3,6,8H2,(H,20,21). The van der Waals surface area contributed by atoms with Crippen LogP contribution in [0.2, 0.25) is 0 Å². The molecule has 0 spiro atoms. The summed E-state index contributed by atoms with van der Waals surface area (Å²) >= 11 is 3.47. The number of likely N-dealkylation sites (tertiary alicyclic amines) is 1. The molecule has 0 aliphatic carbocycles. The Labute approximate surface area is 130 Å². The molecule has 2 N–H and O–H groups in total. The summed E-state index contributed by atoms with van der Waals surface area (Å²) in [6.07, 6.45) is 3.06. The summed E-state index contributed by atoms with van der Waals surface area (Å²) in [6.45, 7) is 0.894. The maximum absolute atomic E-state index is 12.7. The number of halogens is 1. The van der Waals surface area contributed by atoms with Crippen LogP contribution in [0.25, 0.3) is 10.9 Å². The molecule has 21 heavy (non-hydrogen) atoms. The zero-order chi connectivity index (χ0) is 15.0. The Morgan fingerprint density at radius 1 is 1.38 bits per heavy atom. The van der Waals surface area contributed by atoms with Gasteiger partial charge in [-0.1, -0.05) is 22.0 Å². The fraction of sp³-hybridized carbons (Fsp3) is 0.333. The van der Waals surface area contributed by atoms with E-state index in [0.717, 1.165) is 21.8 Å². The third-order valence-electron chi connectivity index (χ3n) is 3.94. The van der Waals surface area contributed by atoms with E-state index in [2.05, 4.69) is 20.9 Å². The third-order valence-corrected chi connectivity index (χ3v) is 4.60. The summed E-state index contributed by atoms with van der Waals surface area (Å²) in [5.74, 6) is -1.40. The number of carbonyl (C=O) groups is 2. The van der Waals surface area contributed by atoms with Gasteiger partial charge in [-0.05, 0) is 25.0 Å². The number of hydrogen-bond acceptors (Lipinski definition) is 2. The van der Waals surface area contributed by atoms with E-state index in [0.29, 0.717) is 18.5 Å². The zero-order valence-electron chi connectivity index (χ0n) is 11.3. The highest BCUT2D eigenvalue weighted by atomic mass is 79.9. The molecular weight excluding hydrogens is 336 g/mol. The number of rotatable bonds is 2. The van der Waals surface area contributed by atoms with Gasteiger partial charge in [0, 0.05) is 34.7 Å². The Bertz CT molecular complexity index is 710. The van der Waals surface area contributed by atoms with Crippen LogP contribution in [0.15, 0.2) is 28.9 Å². The molecule has 5 nitrogen and oxygen atoms in total. The third kappa shape index (κ3) is 2.55. The summed E-state index contributed by atoms with van der Waals surface area (Å²) in [7, 11) is 0. The Kier molecular flexibility index (Phi) is 3.71. The number of hydrogen-bond donors (Lipinski definition) is 2.